The van der Waals surface area contributed by atoms with Crippen LogP contribution in [0.5, 0.6) is 0 Å². The molecule has 0 aliphatic heterocycles. The highest BCUT2D eigenvalue weighted by Crippen LogP contribution is 2.44. The highest BCUT2D eigenvalue weighted by atomic mass is 16.5. The van der Waals surface area contributed by atoms with E-state index < -0.39 is 53.4 Å². The average molecular weight is 1050 g/mol. The van der Waals surface area contributed by atoms with Crippen molar-refractivity contribution in [1.29, 1.82) is 0 Å². The largest absolute Gasteiger partial charge is 0.461 e. The number of hydrogen-bond donors (Lipinski definition) is 6. The molecule has 0 fully saturated rings. The molecule has 3 unspecified atom stereocenters. The van der Waals surface area contributed by atoms with Crippen molar-refractivity contribution in [3.63, 3.8) is 0 Å². The van der Waals surface area contributed by atoms with E-state index in [1.165, 1.54) is 6.08 Å². The van der Waals surface area contributed by atoms with E-state index >= 15 is 0 Å². The van der Waals surface area contributed by atoms with Gasteiger partial charge >= 0.3 is 12.1 Å². The number of benzene rings is 7. The van der Waals surface area contributed by atoms with E-state index in [1.807, 2.05) is 115 Å². The molecule has 0 bridgehead atoms. The van der Waals surface area contributed by atoms with Crippen molar-refractivity contribution in [2.75, 3.05) is 25.1 Å². The maximum Gasteiger partial charge on any atom is 0.407 e. The molecule has 0 heterocycles. The van der Waals surface area contributed by atoms with Crippen LogP contribution in [0.2, 0.25) is 0 Å². The molecule has 4 amide bonds. The molecule has 6 N–H and O–H groups in total. The van der Waals surface area contributed by atoms with Crippen LogP contribution in [0.4, 0.5) is 10.5 Å². The number of fused-ring (bicyclic) bond motifs is 3. The highest BCUT2D eigenvalue weighted by Gasteiger charge is 2.37. The number of hydrogen-bond acceptors (Lipinski definition) is 9. The van der Waals surface area contributed by atoms with Gasteiger partial charge in [-0.25, -0.2) is 4.79 Å². The van der Waals surface area contributed by atoms with Gasteiger partial charge in [-0.15, -0.1) is 0 Å². The predicted octanol–water partition coefficient (Wildman–Crippen LogP) is 9.81. The van der Waals surface area contributed by atoms with Gasteiger partial charge < -0.3 is 35.8 Å². The lowest BCUT2D eigenvalue weighted by Gasteiger charge is -2.37. The molecule has 1 aliphatic rings. The molecule has 0 spiro atoms. The van der Waals surface area contributed by atoms with Crippen LogP contribution < -0.4 is 26.6 Å². The maximum absolute atomic E-state index is 14.8. The fraction of sp³-hybridized carbons (Fsp3) is 0.246. The summed E-state index contributed by atoms with van der Waals surface area (Å²) in [6.45, 7) is 5.97. The van der Waals surface area contributed by atoms with Crippen LogP contribution in [0.3, 0.4) is 0 Å². The third kappa shape index (κ3) is 14.2. The number of rotatable bonds is 26. The zero-order valence-electron chi connectivity index (χ0n) is 43.9. The SMILES string of the molecule is C=CCOC(=O)CCC(NC(=O)OCC1c2ccccc2-c2ccccc21)C(=O)NC(Cc1ccccc1)C(=O)NC(CCCCNC(c1ccccc1)(c1ccccc1)c1ccc(C)cc1)C(=O)Nc1ccc(CO)cc1. The summed E-state index contributed by atoms with van der Waals surface area (Å²) >= 11 is 0. The monoisotopic (exact) mass is 1050 g/mol. The Labute approximate surface area is 456 Å². The first-order valence-electron chi connectivity index (χ1n) is 26.5. The fourth-order valence-corrected chi connectivity index (χ4v) is 10.1. The third-order valence-electron chi connectivity index (χ3n) is 14.1. The average Bonchev–Trinajstić information content (AvgIpc) is 3.94. The zero-order valence-corrected chi connectivity index (χ0v) is 43.9. The predicted molar refractivity (Wildman–Crippen MR) is 303 cm³/mol. The number of aliphatic hydroxyl groups is 1. The quantitative estimate of drug-likeness (QED) is 0.0133. The van der Waals surface area contributed by atoms with E-state index in [1.54, 1.807) is 24.3 Å². The van der Waals surface area contributed by atoms with Gasteiger partial charge in [0.05, 0.1) is 12.1 Å². The van der Waals surface area contributed by atoms with Crippen molar-refractivity contribution in [2.24, 2.45) is 0 Å². The molecular weight excluding hydrogens is 979 g/mol. The smallest absolute Gasteiger partial charge is 0.407 e. The number of carbonyl (C=O) groups is 5. The normalized spacial score (nSPS) is 12.9. The molecule has 400 valence electrons. The van der Waals surface area contributed by atoms with Gasteiger partial charge in [0.25, 0.3) is 0 Å². The fourth-order valence-electron chi connectivity index (χ4n) is 10.1. The van der Waals surface area contributed by atoms with Crippen LogP contribution in [-0.4, -0.2) is 72.8 Å². The molecular formula is C65H67N5O8. The number of alkyl carbamates (subject to hydrolysis) is 1. The summed E-state index contributed by atoms with van der Waals surface area (Å²) in [6, 6.07) is 57.2. The highest BCUT2D eigenvalue weighted by molar-refractivity contribution is 5.99. The Balaban J connectivity index is 1.01. The van der Waals surface area contributed by atoms with E-state index in [0.717, 1.165) is 50.1 Å². The first-order valence-corrected chi connectivity index (χ1v) is 26.5. The van der Waals surface area contributed by atoms with Crippen LogP contribution in [0, 0.1) is 6.92 Å². The second-order valence-electron chi connectivity index (χ2n) is 19.5. The summed E-state index contributed by atoms with van der Waals surface area (Å²) in [6.07, 6.45) is 1.49. The molecule has 8 rings (SSSR count). The molecule has 78 heavy (non-hydrogen) atoms. The molecule has 7 aromatic rings. The van der Waals surface area contributed by atoms with Crippen molar-refractivity contribution < 1.29 is 38.6 Å². The number of esters is 1. The summed E-state index contributed by atoms with van der Waals surface area (Å²) in [5, 5.41) is 25.0. The van der Waals surface area contributed by atoms with Gasteiger partial charge in [-0.3, -0.25) is 24.5 Å². The Kier molecular flexibility index (Phi) is 19.5. The lowest BCUT2D eigenvalue weighted by molar-refractivity contribution is -0.142. The van der Waals surface area contributed by atoms with Gasteiger partial charge in [-0.05, 0) is 101 Å². The van der Waals surface area contributed by atoms with Gasteiger partial charge in [-0.2, -0.15) is 0 Å². The number of ether oxygens (including phenoxy) is 2. The molecule has 13 nitrogen and oxygen atoms in total. The van der Waals surface area contributed by atoms with Gasteiger partial charge in [0.1, 0.15) is 31.3 Å². The molecule has 0 saturated carbocycles. The van der Waals surface area contributed by atoms with E-state index in [9.17, 15) is 29.1 Å². The van der Waals surface area contributed by atoms with E-state index in [2.05, 4.69) is 88.6 Å². The standard InChI is InChI=1S/C65H67N5O8/c1-3-41-77-60(72)39-38-58(70-64(76)78-44-56-54-27-15-13-25-52(54)53-26-14-16-28-55(53)56)62(74)69-59(42-46-19-7-4-8-20-46)63(75)68-57(61(73)67-51-36-32-47(43-71)33-37-51)29-17-18-40-66-65(48-21-9-5-10-22-48,49-23-11-6-12-24-49)50-34-30-45(2)31-35-50/h3-16,19-28,30-37,56-59,66,71H,1,17-18,29,38-44H2,2H3,(H,67,73)(H,68,75)(H,69,74)(H,70,76). The van der Waals surface area contributed by atoms with Crippen molar-refractivity contribution in [3.8, 4) is 11.1 Å². The Morgan fingerprint density at radius 3 is 1.72 bits per heavy atom. The van der Waals surface area contributed by atoms with Crippen LogP contribution in [0.15, 0.2) is 201 Å². The summed E-state index contributed by atoms with van der Waals surface area (Å²) in [4.78, 5) is 70.2. The topological polar surface area (TPSA) is 184 Å². The van der Waals surface area contributed by atoms with Gasteiger partial charge in [0.15, 0.2) is 0 Å². The van der Waals surface area contributed by atoms with Gasteiger partial charge in [-0.1, -0.05) is 194 Å². The van der Waals surface area contributed by atoms with Crippen LogP contribution in [0.1, 0.15) is 82.5 Å². The summed E-state index contributed by atoms with van der Waals surface area (Å²) in [5.41, 5.74) is 9.59. The first-order chi connectivity index (χ1) is 38.1. The molecule has 0 radical (unpaired) electrons. The maximum atomic E-state index is 14.8. The van der Waals surface area contributed by atoms with Crippen molar-refractivity contribution >= 4 is 35.5 Å². The molecule has 3 atom stereocenters. The van der Waals surface area contributed by atoms with Gasteiger partial charge in [0.2, 0.25) is 17.7 Å². The minimum absolute atomic E-state index is 0.0205. The second kappa shape index (κ2) is 27.4. The van der Waals surface area contributed by atoms with Gasteiger partial charge in [0, 0.05) is 24.4 Å². The summed E-state index contributed by atoms with van der Waals surface area (Å²) in [7, 11) is 0. The van der Waals surface area contributed by atoms with Crippen LogP contribution >= 0.6 is 0 Å². The van der Waals surface area contributed by atoms with Crippen LogP contribution in [0.25, 0.3) is 11.1 Å². The number of aryl methyl sites for hydroxylation is 1. The minimum Gasteiger partial charge on any atom is -0.461 e. The molecule has 13 heteroatoms. The molecule has 0 aromatic heterocycles. The summed E-state index contributed by atoms with van der Waals surface area (Å²) < 4.78 is 11.0. The molecule has 7 aromatic carbocycles. The Bertz CT molecular complexity index is 3030. The lowest BCUT2D eigenvalue weighted by Crippen LogP contribution is -2.57. The number of carbonyl (C=O) groups excluding carboxylic acids is 5. The zero-order chi connectivity index (χ0) is 54.7. The molecule has 1 aliphatic carbocycles. The Morgan fingerprint density at radius 2 is 1.12 bits per heavy atom. The van der Waals surface area contributed by atoms with Crippen molar-refractivity contribution in [2.45, 2.75) is 81.6 Å². The number of amides is 4. The number of unbranched alkanes of at least 4 members (excludes halogenated alkanes) is 1. The Hall–Kier alpha value is -8.65. The van der Waals surface area contributed by atoms with E-state index in [0.29, 0.717) is 30.6 Å². The number of anilines is 1. The lowest BCUT2D eigenvalue weighted by atomic mass is 9.76. The Morgan fingerprint density at radius 1 is 0.577 bits per heavy atom. The van der Waals surface area contributed by atoms with Crippen molar-refractivity contribution in [1.82, 2.24) is 21.3 Å². The van der Waals surface area contributed by atoms with Crippen molar-refractivity contribution in [3.05, 3.63) is 245 Å². The van der Waals surface area contributed by atoms with E-state index in [-0.39, 0.29) is 51.4 Å². The first kappa shape index (κ1) is 55.6. The molecule has 0 saturated heterocycles. The summed E-state index contributed by atoms with van der Waals surface area (Å²) in [5.74, 6) is -2.73. The number of nitrogens with one attached hydrogen (secondary N) is 5. The van der Waals surface area contributed by atoms with E-state index in [4.69, 9.17) is 9.47 Å². The minimum atomic E-state index is -1.34. The third-order valence-corrected chi connectivity index (χ3v) is 14.1. The van der Waals surface area contributed by atoms with Crippen LogP contribution in [-0.2, 0) is 47.2 Å². The second-order valence-corrected chi connectivity index (χ2v) is 19.5. The number of aliphatic hydroxyl groups excluding tert-OH is 1.